The molecule has 0 radical (unpaired) electrons. The number of fused-ring (bicyclic) bond motifs is 5. The minimum Gasteiger partial charge on any atom is -0.387 e. The molecular weight excluding hydrogens is 378 g/mol. The van der Waals surface area contributed by atoms with Crippen LogP contribution in [0.25, 0.3) is 0 Å². The first-order chi connectivity index (χ1) is 14.3. The van der Waals surface area contributed by atoms with E-state index in [1.807, 2.05) is 6.92 Å². The number of methoxy groups -OCH3 is 1. The van der Waals surface area contributed by atoms with Crippen molar-refractivity contribution in [1.29, 1.82) is 5.41 Å². The Morgan fingerprint density at radius 2 is 2.00 bits per heavy atom. The van der Waals surface area contributed by atoms with Crippen LogP contribution >= 0.6 is 0 Å². The first kappa shape index (κ1) is 21.9. The highest BCUT2D eigenvalue weighted by Crippen LogP contribution is 2.64. The molecule has 0 spiro atoms. The molecule has 6 heteroatoms. The molecule has 6 nitrogen and oxygen atoms in total. The molecule has 4 aliphatic carbocycles. The fraction of sp³-hybridized carbons (Fsp3) is 0.875. The van der Waals surface area contributed by atoms with Crippen LogP contribution in [0.5, 0.6) is 0 Å². The summed E-state index contributed by atoms with van der Waals surface area (Å²) in [6.07, 6.45) is 11.2. The van der Waals surface area contributed by atoms with Gasteiger partial charge in [0, 0.05) is 19.2 Å². The second-order valence-electron chi connectivity index (χ2n) is 10.9. The Balaban J connectivity index is 1.46. The molecule has 0 heterocycles. The summed E-state index contributed by atoms with van der Waals surface area (Å²) >= 11 is 0. The molecule has 4 saturated carbocycles. The van der Waals surface area contributed by atoms with Crippen LogP contribution in [0.15, 0.2) is 5.10 Å². The maximum absolute atomic E-state index is 13.0. The predicted octanol–water partition coefficient (Wildman–Crippen LogP) is 3.43. The molecule has 0 bridgehead atoms. The van der Waals surface area contributed by atoms with Crippen LogP contribution < -0.4 is 5.43 Å². The van der Waals surface area contributed by atoms with Crippen LogP contribution in [0.2, 0.25) is 0 Å². The van der Waals surface area contributed by atoms with Gasteiger partial charge in [0.05, 0.1) is 24.5 Å². The molecule has 168 valence electrons. The van der Waals surface area contributed by atoms with Gasteiger partial charge in [-0.25, -0.2) is 0 Å². The SMILES string of the molecule is CO[C@H]1C[C@H]2[C@@H](CC[C@@H]3[C@@H]2CC[C@]2(C)[C@@H](C(=O)CN/N=C\C=N)CC[C@@H]32)C[C@]1(C)O. The normalized spacial score (nSPS) is 47.9. The molecule has 0 aromatic rings. The number of nitrogens with one attached hydrogen (secondary N) is 2. The molecule has 4 aliphatic rings. The van der Waals surface area contributed by atoms with E-state index in [9.17, 15) is 9.90 Å². The Hall–Kier alpha value is -1.27. The zero-order valence-corrected chi connectivity index (χ0v) is 18.8. The van der Waals surface area contributed by atoms with Crippen molar-refractivity contribution in [3.8, 4) is 0 Å². The number of aliphatic hydroxyl groups is 1. The van der Waals surface area contributed by atoms with Crippen molar-refractivity contribution in [3.05, 3.63) is 0 Å². The summed E-state index contributed by atoms with van der Waals surface area (Å²) in [6.45, 7) is 4.59. The Morgan fingerprint density at radius 1 is 1.20 bits per heavy atom. The van der Waals surface area contributed by atoms with E-state index < -0.39 is 5.60 Å². The summed E-state index contributed by atoms with van der Waals surface area (Å²) in [6, 6.07) is 0. The van der Waals surface area contributed by atoms with E-state index in [1.165, 1.54) is 31.9 Å². The standard InChI is InChI=1S/C24H39N3O3/c1-23-9-8-16-17(5-4-15-13-24(2,29)22(30-3)12-18(15)16)19(23)6-7-20(23)21(28)14-27-26-11-10-25/h10-11,15-20,22,25,27,29H,4-9,12-14H2,1-3H3/b25-10?,26-11-/t15-,16-,17+,18-,19-,20+,22-,23-,24-/m0/s1. The van der Waals surface area contributed by atoms with E-state index in [1.54, 1.807) is 7.11 Å². The van der Waals surface area contributed by atoms with Gasteiger partial charge in [0.1, 0.15) is 0 Å². The van der Waals surface area contributed by atoms with Gasteiger partial charge in [-0.1, -0.05) is 6.92 Å². The van der Waals surface area contributed by atoms with Gasteiger partial charge < -0.3 is 20.7 Å². The highest BCUT2D eigenvalue weighted by atomic mass is 16.5. The van der Waals surface area contributed by atoms with Gasteiger partial charge in [-0.15, -0.1) is 0 Å². The number of carbonyl (C=O) groups is 1. The van der Waals surface area contributed by atoms with E-state index in [0.29, 0.717) is 23.7 Å². The molecule has 0 unspecified atom stereocenters. The van der Waals surface area contributed by atoms with Crippen LogP contribution in [-0.2, 0) is 9.53 Å². The zero-order valence-electron chi connectivity index (χ0n) is 18.8. The molecule has 0 aromatic carbocycles. The summed E-state index contributed by atoms with van der Waals surface area (Å²) < 4.78 is 5.72. The second kappa shape index (κ2) is 8.34. The predicted molar refractivity (Wildman–Crippen MR) is 118 cm³/mol. The molecule has 3 N–H and O–H groups in total. The number of hydrazone groups is 1. The quantitative estimate of drug-likeness (QED) is 0.456. The summed E-state index contributed by atoms with van der Waals surface area (Å²) in [5, 5.41) is 21.7. The van der Waals surface area contributed by atoms with Gasteiger partial charge in [-0.2, -0.15) is 5.10 Å². The van der Waals surface area contributed by atoms with Crippen molar-refractivity contribution in [2.45, 2.75) is 76.9 Å². The van der Waals surface area contributed by atoms with Crippen molar-refractivity contribution in [1.82, 2.24) is 5.43 Å². The third-order valence-corrected chi connectivity index (χ3v) is 9.54. The van der Waals surface area contributed by atoms with Gasteiger partial charge in [0.25, 0.3) is 0 Å². The molecular formula is C24H39N3O3. The highest BCUT2D eigenvalue weighted by Gasteiger charge is 2.59. The van der Waals surface area contributed by atoms with E-state index in [-0.39, 0.29) is 29.8 Å². The van der Waals surface area contributed by atoms with Crippen molar-refractivity contribution in [2.75, 3.05) is 13.7 Å². The largest absolute Gasteiger partial charge is 0.387 e. The summed E-state index contributed by atoms with van der Waals surface area (Å²) in [5.74, 6) is 3.76. The van der Waals surface area contributed by atoms with E-state index >= 15 is 0 Å². The average Bonchev–Trinajstić information content (AvgIpc) is 3.07. The molecule has 30 heavy (non-hydrogen) atoms. The van der Waals surface area contributed by atoms with Crippen molar-refractivity contribution in [2.24, 2.45) is 46.0 Å². The number of ether oxygens (including phenoxy) is 1. The van der Waals surface area contributed by atoms with Crippen LogP contribution in [0.1, 0.15) is 65.2 Å². The third-order valence-electron chi connectivity index (χ3n) is 9.54. The van der Waals surface area contributed by atoms with Gasteiger partial charge in [0.2, 0.25) is 0 Å². The average molecular weight is 418 g/mol. The molecule has 0 aliphatic heterocycles. The maximum atomic E-state index is 13.0. The van der Waals surface area contributed by atoms with Crippen LogP contribution in [0, 0.1) is 46.3 Å². The fourth-order valence-electron chi connectivity index (χ4n) is 8.23. The molecule has 0 saturated heterocycles. The monoisotopic (exact) mass is 417 g/mol. The molecule has 4 rings (SSSR count). The summed E-state index contributed by atoms with van der Waals surface area (Å²) in [7, 11) is 1.74. The van der Waals surface area contributed by atoms with Gasteiger partial charge in [-0.05, 0) is 93.3 Å². The van der Waals surface area contributed by atoms with Gasteiger partial charge >= 0.3 is 0 Å². The van der Waals surface area contributed by atoms with Crippen molar-refractivity contribution in [3.63, 3.8) is 0 Å². The summed E-state index contributed by atoms with van der Waals surface area (Å²) in [5.41, 5.74) is 2.22. The number of hydrogen-bond donors (Lipinski definition) is 3. The molecule has 0 aromatic heterocycles. The van der Waals surface area contributed by atoms with E-state index in [0.717, 1.165) is 37.8 Å². The minimum atomic E-state index is -0.704. The van der Waals surface area contributed by atoms with Crippen LogP contribution in [0.3, 0.4) is 0 Å². The number of Topliss-reactive ketones (excluding diaryl/α,β-unsaturated/α-hetero) is 1. The first-order valence-corrected chi connectivity index (χ1v) is 11.8. The first-order valence-electron chi connectivity index (χ1n) is 11.8. The lowest BCUT2D eigenvalue weighted by Gasteiger charge is -2.58. The number of carbonyl (C=O) groups excluding carboxylic acids is 1. The zero-order chi connectivity index (χ0) is 21.5. The van der Waals surface area contributed by atoms with Gasteiger partial charge in [0.15, 0.2) is 5.78 Å². The minimum absolute atomic E-state index is 0.0590. The molecule has 0 amide bonds. The number of hydrogen-bond acceptors (Lipinski definition) is 6. The van der Waals surface area contributed by atoms with Crippen LogP contribution in [0.4, 0.5) is 0 Å². The highest BCUT2D eigenvalue weighted by molar-refractivity contribution is 6.14. The number of nitrogens with zero attached hydrogens (tertiary/aromatic N) is 1. The second-order valence-corrected chi connectivity index (χ2v) is 10.9. The lowest BCUT2D eigenvalue weighted by atomic mass is 9.48. The Morgan fingerprint density at radius 3 is 2.73 bits per heavy atom. The molecule has 9 atom stereocenters. The topological polar surface area (TPSA) is 94.8 Å². The van der Waals surface area contributed by atoms with Gasteiger partial charge in [-0.3, -0.25) is 4.79 Å². The maximum Gasteiger partial charge on any atom is 0.157 e. The van der Waals surface area contributed by atoms with Crippen molar-refractivity contribution >= 4 is 18.2 Å². The fourth-order valence-corrected chi connectivity index (χ4v) is 8.23. The summed E-state index contributed by atoms with van der Waals surface area (Å²) in [4.78, 5) is 13.0. The third kappa shape index (κ3) is 3.64. The lowest BCUT2D eigenvalue weighted by Crippen LogP contribution is -2.55. The molecule has 4 fully saturated rings. The number of ketones is 1. The van der Waals surface area contributed by atoms with Crippen molar-refractivity contribution < 1.29 is 14.6 Å². The van der Waals surface area contributed by atoms with Crippen LogP contribution in [-0.4, -0.2) is 48.7 Å². The Kier molecular flexibility index (Phi) is 6.10. The van der Waals surface area contributed by atoms with E-state index in [4.69, 9.17) is 10.1 Å². The Labute approximate surface area is 180 Å². The Bertz CT molecular complexity index is 693. The number of rotatable bonds is 6. The lowest BCUT2D eigenvalue weighted by molar-refractivity contribution is -0.165. The smallest absolute Gasteiger partial charge is 0.157 e. The van der Waals surface area contributed by atoms with E-state index in [2.05, 4.69) is 17.5 Å².